The quantitative estimate of drug-likeness (QED) is 0.409. The van der Waals surface area contributed by atoms with Gasteiger partial charge in [-0.05, 0) is 31.2 Å². The molecule has 12 heteroatoms. The Labute approximate surface area is 203 Å². The first kappa shape index (κ1) is 24.1. The lowest BCUT2D eigenvalue weighted by Crippen LogP contribution is -2.47. The van der Waals surface area contributed by atoms with Crippen LogP contribution in [0.2, 0.25) is 5.02 Å². The largest absolute Gasteiger partial charge is 0.373 e. The summed E-state index contributed by atoms with van der Waals surface area (Å²) in [6.07, 6.45) is 1.63. The van der Waals surface area contributed by atoms with Gasteiger partial charge < -0.3 is 16.0 Å². The number of nitrogens with one attached hydrogen (secondary N) is 3. The number of anilines is 5. The maximum atomic E-state index is 14.6. The number of halogens is 4. The molecule has 2 heterocycles. The molecule has 0 saturated heterocycles. The van der Waals surface area contributed by atoms with Crippen molar-refractivity contribution in [2.24, 2.45) is 0 Å². The van der Waals surface area contributed by atoms with E-state index in [1.165, 1.54) is 21.9 Å². The van der Waals surface area contributed by atoms with Crippen LogP contribution >= 0.6 is 11.6 Å². The van der Waals surface area contributed by atoms with Crippen molar-refractivity contribution in [2.45, 2.75) is 13.5 Å². The number of rotatable bonds is 5. The summed E-state index contributed by atoms with van der Waals surface area (Å²) >= 11 is 6.27. The highest BCUT2D eigenvalue weighted by atomic mass is 35.5. The molecule has 2 aromatic carbocycles. The Morgan fingerprint density at radius 3 is 2.54 bits per heavy atom. The summed E-state index contributed by atoms with van der Waals surface area (Å²) in [5, 5.41) is 7.23. The van der Waals surface area contributed by atoms with E-state index in [0.717, 1.165) is 23.8 Å². The number of hydrogen-bond donors (Lipinski definition) is 3. The molecule has 4 rings (SSSR count). The van der Waals surface area contributed by atoms with Crippen LogP contribution in [0.15, 0.2) is 42.6 Å². The van der Waals surface area contributed by atoms with E-state index in [9.17, 15) is 22.8 Å². The summed E-state index contributed by atoms with van der Waals surface area (Å²) in [7, 11) is 1.72. The van der Waals surface area contributed by atoms with Crippen LogP contribution in [0.3, 0.4) is 0 Å². The first-order valence-electron chi connectivity index (χ1n) is 10.5. The number of benzene rings is 2. The highest BCUT2D eigenvalue weighted by Gasteiger charge is 2.32. The van der Waals surface area contributed by atoms with Crippen molar-refractivity contribution < 1.29 is 22.8 Å². The van der Waals surface area contributed by atoms with Gasteiger partial charge in [-0.1, -0.05) is 17.7 Å². The molecule has 8 nitrogen and oxygen atoms in total. The van der Waals surface area contributed by atoms with Crippen LogP contribution in [0, 0.1) is 17.5 Å². The van der Waals surface area contributed by atoms with E-state index in [0.29, 0.717) is 18.1 Å². The molecule has 182 valence electrons. The van der Waals surface area contributed by atoms with Crippen LogP contribution in [0.25, 0.3) is 0 Å². The van der Waals surface area contributed by atoms with E-state index < -0.39 is 35.2 Å². The molecule has 1 aliphatic rings. The lowest BCUT2D eigenvalue weighted by atomic mass is 10.1. The Balaban J connectivity index is 1.64. The number of urea groups is 2. The maximum absolute atomic E-state index is 14.6. The predicted octanol–water partition coefficient (Wildman–Crippen LogP) is 5.80. The fraction of sp³-hybridized carbons (Fsp3) is 0.174. The van der Waals surface area contributed by atoms with Gasteiger partial charge in [0.1, 0.15) is 11.6 Å². The van der Waals surface area contributed by atoms with Crippen LogP contribution in [0.5, 0.6) is 0 Å². The number of aromatic nitrogens is 1. The number of carbonyl (C=O) groups excluding carboxylic acids is 2. The monoisotopic (exact) mass is 504 g/mol. The molecule has 0 radical (unpaired) electrons. The van der Waals surface area contributed by atoms with Crippen molar-refractivity contribution in [3.8, 4) is 0 Å². The van der Waals surface area contributed by atoms with Gasteiger partial charge in [0.15, 0.2) is 11.6 Å². The number of amides is 4. The highest BCUT2D eigenvalue weighted by molar-refractivity contribution is 6.34. The molecule has 0 aliphatic carbocycles. The van der Waals surface area contributed by atoms with Crippen molar-refractivity contribution in [1.82, 2.24) is 4.98 Å². The predicted molar refractivity (Wildman–Crippen MR) is 129 cm³/mol. The van der Waals surface area contributed by atoms with Crippen LogP contribution in [-0.2, 0) is 6.54 Å². The zero-order chi connectivity index (χ0) is 25.3. The fourth-order valence-electron chi connectivity index (χ4n) is 3.68. The van der Waals surface area contributed by atoms with Gasteiger partial charge in [0.2, 0.25) is 0 Å². The molecule has 0 saturated carbocycles. The van der Waals surface area contributed by atoms with E-state index >= 15 is 0 Å². The molecular weight excluding hydrogens is 485 g/mol. The first-order chi connectivity index (χ1) is 16.7. The fourth-order valence-corrected chi connectivity index (χ4v) is 3.93. The van der Waals surface area contributed by atoms with E-state index in [2.05, 4.69) is 20.9 Å². The Morgan fingerprint density at radius 2 is 1.83 bits per heavy atom. The molecular formula is C23H20ClF3N6O2. The Morgan fingerprint density at radius 1 is 1.09 bits per heavy atom. The van der Waals surface area contributed by atoms with E-state index in [-0.39, 0.29) is 22.9 Å². The van der Waals surface area contributed by atoms with Crippen molar-refractivity contribution in [3.05, 3.63) is 70.6 Å². The summed E-state index contributed by atoms with van der Waals surface area (Å²) in [6.45, 7) is 2.26. The third-order valence-corrected chi connectivity index (χ3v) is 5.69. The summed E-state index contributed by atoms with van der Waals surface area (Å²) in [4.78, 5) is 32.8. The summed E-state index contributed by atoms with van der Waals surface area (Å²) in [5.41, 5.74) is 0.823. The third kappa shape index (κ3) is 4.67. The second kappa shape index (κ2) is 9.71. The highest BCUT2D eigenvalue weighted by Crippen LogP contribution is 2.38. The average Bonchev–Trinajstić information content (AvgIpc) is 2.83. The Kier molecular flexibility index (Phi) is 6.70. The number of nitrogens with zero attached hydrogens (tertiary/aromatic N) is 3. The summed E-state index contributed by atoms with van der Waals surface area (Å²) in [6, 6.07) is 5.74. The van der Waals surface area contributed by atoms with Crippen LogP contribution in [0.4, 0.5) is 51.3 Å². The summed E-state index contributed by atoms with van der Waals surface area (Å²) in [5.74, 6) is -2.70. The first-order valence-corrected chi connectivity index (χ1v) is 10.9. The van der Waals surface area contributed by atoms with Gasteiger partial charge in [0.05, 0.1) is 34.3 Å². The van der Waals surface area contributed by atoms with Gasteiger partial charge in [0, 0.05) is 31.4 Å². The number of hydrogen-bond acceptors (Lipinski definition) is 4. The normalized spacial score (nSPS) is 12.9. The number of pyridine rings is 1. The van der Waals surface area contributed by atoms with Crippen LogP contribution < -0.4 is 25.8 Å². The molecule has 0 spiro atoms. The molecule has 1 aromatic heterocycles. The zero-order valence-corrected chi connectivity index (χ0v) is 19.4. The van der Waals surface area contributed by atoms with Gasteiger partial charge in [-0.3, -0.25) is 9.80 Å². The molecule has 0 bridgehead atoms. The second-order valence-corrected chi connectivity index (χ2v) is 7.93. The average molecular weight is 505 g/mol. The molecule has 4 amide bonds. The number of carbonyl (C=O) groups is 2. The topological polar surface area (TPSA) is 89.6 Å². The molecule has 0 atom stereocenters. The van der Waals surface area contributed by atoms with E-state index in [4.69, 9.17) is 11.6 Å². The maximum Gasteiger partial charge on any atom is 0.329 e. The smallest absolute Gasteiger partial charge is 0.329 e. The second-order valence-electron chi connectivity index (χ2n) is 7.53. The van der Waals surface area contributed by atoms with Gasteiger partial charge in [-0.15, -0.1) is 0 Å². The van der Waals surface area contributed by atoms with E-state index in [1.54, 1.807) is 26.2 Å². The van der Waals surface area contributed by atoms with E-state index in [1.807, 2.05) is 0 Å². The van der Waals surface area contributed by atoms with Crippen molar-refractivity contribution >= 4 is 52.2 Å². The van der Waals surface area contributed by atoms with Crippen LogP contribution in [-0.4, -0.2) is 30.6 Å². The summed E-state index contributed by atoms with van der Waals surface area (Å²) < 4.78 is 41.9. The standard InChI is InChI=1S/C23H20ClF3N6O2/c1-3-32-18-9-20(28-2)29-10-12(18)11-33(23(32)35)19-8-17(15(26)7-13(19)24)31-22(34)30-16-6-4-5-14(25)21(16)27/h4-10H,3,11H2,1-2H3,(H,28,29)(H2,30,31,34). The molecule has 1 aliphatic heterocycles. The zero-order valence-electron chi connectivity index (χ0n) is 18.6. The van der Waals surface area contributed by atoms with Gasteiger partial charge in [-0.2, -0.15) is 0 Å². The third-order valence-electron chi connectivity index (χ3n) is 5.39. The van der Waals surface area contributed by atoms with Crippen molar-refractivity contribution in [2.75, 3.05) is 39.3 Å². The molecule has 35 heavy (non-hydrogen) atoms. The molecule has 0 fully saturated rings. The van der Waals surface area contributed by atoms with Crippen LogP contribution in [0.1, 0.15) is 12.5 Å². The Hall–Kier alpha value is -3.99. The Bertz CT molecular complexity index is 1320. The molecule has 3 aromatic rings. The minimum Gasteiger partial charge on any atom is -0.373 e. The number of fused-ring (bicyclic) bond motifs is 1. The van der Waals surface area contributed by atoms with Gasteiger partial charge in [-0.25, -0.2) is 27.7 Å². The lowest BCUT2D eigenvalue weighted by molar-refractivity contribution is 0.250. The van der Waals surface area contributed by atoms with Gasteiger partial charge >= 0.3 is 12.1 Å². The SMILES string of the molecule is CCN1C(=O)N(c2cc(NC(=O)Nc3cccc(F)c3F)c(F)cc2Cl)Cc2cnc(NC)cc21. The minimum absolute atomic E-state index is 0.0581. The minimum atomic E-state index is -1.26. The van der Waals surface area contributed by atoms with Gasteiger partial charge in [0.25, 0.3) is 0 Å². The van der Waals surface area contributed by atoms with Crippen molar-refractivity contribution in [1.29, 1.82) is 0 Å². The molecule has 3 N–H and O–H groups in total. The molecule has 0 unspecified atom stereocenters. The van der Waals surface area contributed by atoms with Crippen molar-refractivity contribution in [3.63, 3.8) is 0 Å². The lowest BCUT2D eigenvalue weighted by Gasteiger charge is -2.37.